The van der Waals surface area contributed by atoms with Crippen LogP contribution in [0.1, 0.15) is 31.2 Å². The molecule has 10 nitrogen and oxygen atoms in total. The molecule has 0 spiro atoms. The first kappa shape index (κ1) is 24.4. The smallest absolute Gasteiger partial charge is 0.335 e. The number of aromatic carboxylic acids is 1. The predicted octanol–water partition coefficient (Wildman–Crippen LogP) is 4.86. The molecule has 1 amide bonds. The number of hydrogen-bond acceptors (Lipinski definition) is 8. The van der Waals surface area contributed by atoms with Crippen molar-refractivity contribution in [3.63, 3.8) is 0 Å². The minimum Gasteiger partial charge on any atom is -0.493 e. The van der Waals surface area contributed by atoms with Gasteiger partial charge in [-0.15, -0.1) is 11.3 Å². The molecule has 0 saturated heterocycles. The van der Waals surface area contributed by atoms with Crippen molar-refractivity contribution in [1.82, 2.24) is 5.43 Å². The fourth-order valence-corrected chi connectivity index (χ4v) is 4.30. The number of rotatable bonds is 9. The molecule has 0 aliphatic heterocycles. The molecule has 4 aromatic rings. The van der Waals surface area contributed by atoms with Crippen molar-refractivity contribution in [1.29, 1.82) is 0 Å². The van der Waals surface area contributed by atoms with Gasteiger partial charge in [0.05, 0.1) is 28.7 Å². The van der Waals surface area contributed by atoms with Crippen molar-refractivity contribution in [3.8, 4) is 11.5 Å². The number of benzene rings is 3. The number of carboxylic acids is 1. The lowest BCUT2D eigenvalue weighted by Gasteiger charge is -2.13. The quantitative estimate of drug-likeness (QED) is 0.188. The van der Waals surface area contributed by atoms with Crippen molar-refractivity contribution >= 4 is 45.2 Å². The molecular formula is C25H19N3O7S. The summed E-state index contributed by atoms with van der Waals surface area (Å²) in [7, 11) is 1.49. The van der Waals surface area contributed by atoms with Crippen LogP contribution in [0.2, 0.25) is 0 Å². The van der Waals surface area contributed by atoms with Crippen LogP contribution in [0.15, 0.2) is 71.8 Å². The summed E-state index contributed by atoms with van der Waals surface area (Å²) in [6.45, 7) is 0.0859. The molecule has 0 saturated carbocycles. The minimum absolute atomic E-state index is 0.0504. The van der Waals surface area contributed by atoms with Gasteiger partial charge in [-0.05, 0) is 42.0 Å². The summed E-state index contributed by atoms with van der Waals surface area (Å²) in [5.41, 5.74) is 3.73. The van der Waals surface area contributed by atoms with E-state index >= 15 is 0 Å². The number of nitrogens with one attached hydrogen (secondary N) is 1. The Hall–Kier alpha value is -4.77. The Balaban J connectivity index is 1.49. The lowest BCUT2D eigenvalue weighted by molar-refractivity contribution is -0.384. The molecule has 36 heavy (non-hydrogen) atoms. The normalized spacial score (nSPS) is 10.9. The summed E-state index contributed by atoms with van der Waals surface area (Å²) < 4.78 is 12.0. The summed E-state index contributed by atoms with van der Waals surface area (Å²) >= 11 is 1.20. The first-order chi connectivity index (χ1) is 17.4. The molecule has 2 N–H and O–H groups in total. The third-order valence-corrected chi connectivity index (χ3v) is 6.21. The Bertz CT molecular complexity index is 1500. The maximum atomic E-state index is 12.6. The van der Waals surface area contributed by atoms with E-state index in [1.807, 2.05) is 0 Å². The highest BCUT2D eigenvalue weighted by Crippen LogP contribution is 2.31. The summed E-state index contributed by atoms with van der Waals surface area (Å²) in [5, 5.41) is 24.8. The molecule has 4 rings (SSSR count). The largest absolute Gasteiger partial charge is 0.493 e. The standard InChI is InChI=1S/C25H19N3O7S/c1-34-20-7-3-6-17(23(20)35-14-15-4-2-5-16(10-15)25(30)31)13-26-27-24(29)22-12-18-11-19(28(32)33)8-9-21(18)36-22/h2-13H,14H2,1H3,(H,27,29)(H,30,31)/b26-13-. The molecule has 0 fully saturated rings. The molecule has 0 unspecified atom stereocenters. The topological polar surface area (TPSA) is 140 Å². The van der Waals surface area contributed by atoms with Crippen LogP contribution in [-0.2, 0) is 6.61 Å². The Morgan fingerprint density at radius 2 is 1.94 bits per heavy atom. The van der Waals surface area contributed by atoms with E-state index in [9.17, 15) is 24.8 Å². The highest BCUT2D eigenvalue weighted by atomic mass is 32.1. The number of non-ortho nitro benzene ring substituents is 1. The number of nitro benzene ring substituents is 1. The van der Waals surface area contributed by atoms with Crippen LogP contribution in [-0.4, -0.2) is 35.2 Å². The van der Waals surface area contributed by atoms with Gasteiger partial charge in [0.1, 0.15) is 6.61 Å². The molecule has 3 aromatic carbocycles. The van der Waals surface area contributed by atoms with Gasteiger partial charge in [-0.25, -0.2) is 10.2 Å². The number of nitro groups is 1. The van der Waals surface area contributed by atoms with Gasteiger partial charge in [-0.3, -0.25) is 14.9 Å². The van der Waals surface area contributed by atoms with Crippen LogP contribution in [0.5, 0.6) is 11.5 Å². The third-order valence-electron chi connectivity index (χ3n) is 5.09. The number of hydrazone groups is 1. The predicted molar refractivity (Wildman–Crippen MR) is 134 cm³/mol. The highest BCUT2D eigenvalue weighted by Gasteiger charge is 2.14. The lowest BCUT2D eigenvalue weighted by atomic mass is 10.1. The number of carboxylic acid groups (broad SMARTS) is 1. The van der Waals surface area contributed by atoms with E-state index in [4.69, 9.17) is 9.47 Å². The van der Waals surface area contributed by atoms with Crippen molar-refractivity contribution in [2.75, 3.05) is 7.11 Å². The van der Waals surface area contributed by atoms with E-state index in [0.717, 1.165) is 4.70 Å². The van der Waals surface area contributed by atoms with Crippen LogP contribution >= 0.6 is 11.3 Å². The van der Waals surface area contributed by atoms with Crippen LogP contribution < -0.4 is 14.9 Å². The molecular weight excluding hydrogens is 486 g/mol. The van der Waals surface area contributed by atoms with Crippen molar-refractivity contribution in [3.05, 3.63) is 98.4 Å². The second-order valence-electron chi connectivity index (χ2n) is 7.46. The van der Waals surface area contributed by atoms with E-state index in [1.165, 1.54) is 48.9 Å². The van der Waals surface area contributed by atoms with Gasteiger partial charge in [-0.2, -0.15) is 5.10 Å². The fraction of sp³-hybridized carbons (Fsp3) is 0.0800. The van der Waals surface area contributed by atoms with Crippen LogP contribution in [0, 0.1) is 10.1 Å². The van der Waals surface area contributed by atoms with Crippen molar-refractivity contribution in [2.24, 2.45) is 5.10 Å². The third kappa shape index (κ3) is 5.47. The molecule has 0 bridgehead atoms. The molecule has 182 valence electrons. The summed E-state index contributed by atoms with van der Waals surface area (Å²) in [5.74, 6) is -0.695. The Kier molecular flexibility index (Phi) is 7.21. The number of carbonyl (C=O) groups excluding carboxylic acids is 1. The second-order valence-corrected chi connectivity index (χ2v) is 8.55. The van der Waals surface area contributed by atoms with Gasteiger partial charge >= 0.3 is 5.97 Å². The van der Waals surface area contributed by atoms with Crippen LogP contribution in [0.25, 0.3) is 10.1 Å². The van der Waals surface area contributed by atoms with Crippen molar-refractivity contribution in [2.45, 2.75) is 6.61 Å². The number of nitrogens with zero attached hydrogens (tertiary/aromatic N) is 2. The van der Waals surface area contributed by atoms with Crippen LogP contribution in [0.3, 0.4) is 0 Å². The average molecular weight is 506 g/mol. The number of methoxy groups -OCH3 is 1. The number of carbonyl (C=O) groups is 2. The maximum absolute atomic E-state index is 12.6. The van der Waals surface area contributed by atoms with E-state index in [2.05, 4.69) is 10.5 Å². The molecule has 0 aliphatic carbocycles. The SMILES string of the molecule is COc1cccc(/C=N\NC(=O)c2cc3cc([N+](=O)[O-])ccc3s2)c1OCc1cccc(C(=O)O)c1. The number of amides is 1. The first-order valence-corrected chi connectivity index (χ1v) is 11.3. The summed E-state index contributed by atoms with van der Waals surface area (Å²) in [6, 6.07) is 17.5. The lowest BCUT2D eigenvalue weighted by Crippen LogP contribution is -2.16. The van der Waals surface area contributed by atoms with E-state index in [-0.39, 0.29) is 17.9 Å². The highest BCUT2D eigenvalue weighted by molar-refractivity contribution is 7.20. The zero-order valence-corrected chi connectivity index (χ0v) is 19.7. The van der Waals surface area contributed by atoms with Gasteiger partial charge in [-0.1, -0.05) is 18.2 Å². The van der Waals surface area contributed by atoms with Crippen LogP contribution in [0.4, 0.5) is 5.69 Å². The van der Waals surface area contributed by atoms with Crippen molar-refractivity contribution < 1.29 is 29.1 Å². The van der Waals surface area contributed by atoms with Gasteiger partial charge in [0.15, 0.2) is 11.5 Å². The zero-order chi connectivity index (χ0) is 25.7. The second kappa shape index (κ2) is 10.7. The monoisotopic (exact) mass is 505 g/mol. The van der Waals surface area contributed by atoms with Gasteiger partial charge in [0.25, 0.3) is 11.6 Å². The number of thiophene rings is 1. The number of ether oxygens (including phenoxy) is 2. The van der Waals surface area contributed by atoms with E-state index in [0.29, 0.717) is 32.9 Å². The van der Waals surface area contributed by atoms with Gasteiger partial charge in [0.2, 0.25) is 0 Å². The minimum atomic E-state index is -1.03. The number of fused-ring (bicyclic) bond motifs is 1. The summed E-state index contributed by atoms with van der Waals surface area (Å²) in [4.78, 5) is 34.6. The zero-order valence-electron chi connectivity index (χ0n) is 18.8. The Labute approximate surface area is 208 Å². The van der Waals surface area contributed by atoms with E-state index < -0.39 is 16.8 Å². The van der Waals surface area contributed by atoms with E-state index in [1.54, 1.807) is 42.5 Å². The molecule has 0 radical (unpaired) electrons. The summed E-state index contributed by atoms with van der Waals surface area (Å²) in [6.07, 6.45) is 1.40. The van der Waals surface area contributed by atoms with Gasteiger partial charge in [0, 0.05) is 27.8 Å². The fourth-order valence-electron chi connectivity index (χ4n) is 3.37. The number of para-hydroxylation sites is 1. The average Bonchev–Trinajstić information content (AvgIpc) is 3.31. The maximum Gasteiger partial charge on any atom is 0.335 e. The molecule has 1 heterocycles. The Morgan fingerprint density at radius 1 is 1.14 bits per heavy atom. The molecule has 0 atom stereocenters. The number of hydrogen-bond donors (Lipinski definition) is 2. The molecule has 11 heteroatoms. The first-order valence-electron chi connectivity index (χ1n) is 10.5. The molecule has 0 aliphatic rings. The Morgan fingerprint density at radius 3 is 2.69 bits per heavy atom. The van der Waals surface area contributed by atoms with Gasteiger partial charge < -0.3 is 14.6 Å². The molecule has 1 aromatic heterocycles.